The number of anilines is 3. The van der Waals surface area contributed by atoms with E-state index in [1.807, 2.05) is 73.7 Å². The molecule has 1 amide bonds. The van der Waals surface area contributed by atoms with Crippen LogP contribution < -0.4 is 20.1 Å². The summed E-state index contributed by atoms with van der Waals surface area (Å²) < 4.78 is 11.1. The van der Waals surface area contributed by atoms with Gasteiger partial charge in [-0.3, -0.25) is 4.79 Å². The molecule has 2 N–H and O–H groups in total. The molecular formula is C22H20N2O3. The first-order valence-corrected chi connectivity index (χ1v) is 8.82. The lowest BCUT2D eigenvalue weighted by molar-refractivity contribution is 0.102. The maximum atomic E-state index is 12.3. The van der Waals surface area contributed by atoms with Gasteiger partial charge in [0.15, 0.2) is 11.5 Å². The highest BCUT2D eigenvalue weighted by atomic mass is 16.6. The molecular weight excluding hydrogens is 340 g/mol. The van der Waals surface area contributed by atoms with Crippen LogP contribution in [0.5, 0.6) is 11.5 Å². The third kappa shape index (κ3) is 4.03. The zero-order chi connectivity index (χ0) is 18.6. The lowest BCUT2D eigenvalue weighted by atomic mass is 10.1. The number of hydrogen-bond acceptors (Lipinski definition) is 4. The second-order valence-electron chi connectivity index (χ2n) is 6.38. The van der Waals surface area contributed by atoms with Crippen molar-refractivity contribution in [2.75, 3.05) is 23.8 Å². The van der Waals surface area contributed by atoms with Crippen LogP contribution in [0.1, 0.15) is 15.9 Å². The molecule has 4 rings (SSSR count). The van der Waals surface area contributed by atoms with E-state index in [4.69, 9.17) is 9.47 Å². The number of benzene rings is 3. The third-order valence-corrected chi connectivity index (χ3v) is 4.29. The van der Waals surface area contributed by atoms with Gasteiger partial charge in [0.25, 0.3) is 5.91 Å². The molecule has 5 heteroatoms. The summed E-state index contributed by atoms with van der Waals surface area (Å²) in [5.41, 5.74) is 4.34. The summed E-state index contributed by atoms with van der Waals surface area (Å²) in [4.78, 5) is 12.3. The van der Waals surface area contributed by atoms with Gasteiger partial charge in [-0.15, -0.1) is 0 Å². The minimum absolute atomic E-state index is 0.123. The topological polar surface area (TPSA) is 59.6 Å². The number of ether oxygens (including phenoxy) is 2. The van der Waals surface area contributed by atoms with Gasteiger partial charge in [-0.25, -0.2) is 0 Å². The lowest BCUT2D eigenvalue weighted by Gasteiger charge is -2.19. The first-order valence-electron chi connectivity index (χ1n) is 8.82. The Balaban J connectivity index is 1.41. The molecule has 0 bridgehead atoms. The average Bonchev–Trinajstić information content (AvgIpc) is 2.70. The Kier molecular flexibility index (Phi) is 4.66. The highest BCUT2D eigenvalue weighted by Gasteiger charge is 2.12. The van der Waals surface area contributed by atoms with E-state index < -0.39 is 0 Å². The molecule has 1 heterocycles. The molecule has 27 heavy (non-hydrogen) atoms. The fourth-order valence-electron chi connectivity index (χ4n) is 2.83. The Labute approximate surface area is 157 Å². The second-order valence-corrected chi connectivity index (χ2v) is 6.38. The zero-order valence-electron chi connectivity index (χ0n) is 15.0. The van der Waals surface area contributed by atoms with Crippen molar-refractivity contribution in [1.82, 2.24) is 0 Å². The van der Waals surface area contributed by atoms with Crippen LogP contribution in [-0.4, -0.2) is 19.1 Å². The number of amides is 1. The van der Waals surface area contributed by atoms with Crippen molar-refractivity contribution < 1.29 is 14.3 Å². The van der Waals surface area contributed by atoms with E-state index in [9.17, 15) is 4.79 Å². The van der Waals surface area contributed by atoms with Crippen LogP contribution in [0.3, 0.4) is 0 Å². The van der Waals surface area contributed by atoms with Crippen LogP contribution in [-0.2, 0) is 0 Å². The predicted octanol–water partition coefficient (Wildman–Crippen LogP) is 4.76. The molecule has 0 saturated heterocycles. The first kappa shape index (κ1) is 17.0. The smallest absolute Gasteiger partial charge is 0.255 e. The second kappa shape index (κ2) is 7.41. The van der Waals surface area contributed by atoms with Crippen molar-refractivity contribution in [3.8, 4) is 11.5 Å². The van der Waals surface area contributed by atoms with Crippen molar-refractivity contribution in [3.05, 3.63) is 77.9 Å². The molecule has 3 aromatic rings. The van der Waals surface area contributed by atoms with Gasteiger partial charge >= 0.3 is 0 Å². The molecule has 0 aliphatic carbocycles. The summed E-state index contributed by atoms with van der Waals surface area (Å²) >= 11 is 0. The highest BCUT2D eigenvalue weighted by Crippen LogP contribution is 2.33. The van der Waals surface area contributed by atoms with Crippen molar-refractivity contribution in [3.63, 3.8) is 0 Å². The van der Waals surface area contributed by atoms with Crippen molar-refractivity contribution in [2.45, 2.75) is 6.92 Å². The number of rotatable bonds is 4. The monoisotopic (exact) mass is 360 g/mol. The van der Waals surface area contributed by atoms with E-state index in [1.165, 1.54) is 0 Å². The van der Waals surface area contributed by atoms with Gasteiger partial charge in [0.05, 0.1) is 0 Å². The van der Waals surface area contributed by atoms with Gasteiger partial charge in [0, 0.05) is 28.7 Å². The average molecular weight is 360 g/mol. The van der Waals surface area contributed by atoms with Crippen molar-refractivity contribution in [1.29, 1.82) is 0 Å². The summed E-state index contributed by atoms with van der Waals surface area (Å²) in [5, 5.41) is 6.23. The van der Waals surface area contributed by atoms with Gasteiger partial charge < -0.3 is 20.1 Å². The van der Waals surface area contributed by atoms with Crippen LogP contribution >= 0.6 is 0 Å². The molecule has 0 radical (unpaired) electrons. The Morgan fingerprint density at radius 1 is 0.778 bits per heavy atom. The predicted molar refractivity (Wildman–Crippen MR) is 106 cm³/mol. The molecule has 0 fully saturated rings. The summed E-state index contributed by atoms with van der Waals surface area (Å²) in [7, 11) is 0. The van der Waals surface area contributed by atoms with Gasteiger partial charge in [-0.05, 0) is 55.5 Å². The molecule has 0 atom stereocenters. The lowest BCUT2D eigenvalue weighted by Crippen LogP contribution is -2.15. The summed E-state index contributed by atoms with van der Waals surface area (Å²) in [6.07, 6.45) is 0. The summed E-state index contributed by atoms with van der Waals surface area (Å²) in [5.74, 6) is 1.39. The number of nitrogens with one attached hydrogen (secondary N) is 2. The minimum atomic E-state index is -0.123. The number of hydrogen-bond donors (Lipinski definition) is 2. The van der Waals surface area contributed by atoms with E-state index in [2.05, 4.69) is 10.6 Å². The Morgan fingerprint density at radius 3 is 2.15 bits per heavy atom. The quantitative estimate of drug-likeness (QED) is 0.704. The number of fused-ring (bicyclic) bond motifs is 1. The maximum absolute atomic E-state index is 12.3. The third-order valence-electron chi connectivity index (χ3n) is 4.29. The molecule has 1 aliphatic rings. The standard InChI is InChI=1S/C22H20N2O3/c1-15-2-4-16(5-3-15)22(25)24-18-8-6-17(7-9-18)23-19-10-11-20-21(14-19)27-13-12-26-20/h2-11,14,23H,12-13H2,1H3,(H,24,25). The molecule has 1 aliphatic heterocycles. The molecule has 5 nitrogen and oxygen atoms in total. The van der Waals surface area contributed by atoms with Gasteiger partial charge in [0.2, 0.25) is 0 Å². The molecule has 0 saturated carbocycles. The van der Waals surface area contributed by atoms with Gasteiger partial charge in [0.1, 0.15) is 13.2 Å². The Morgan fingerprint density at radius 2 is 1.41 bits per heavy atom. The van der Waals surface area contributed by atoms with E-state index in [-0.39, 0.29) is 5.91 Å². The van der Waals surface area contributed by atoms with Crippen molar-refractivity contribution in [2.24, 2.45) is 0 Å². The zero-order valence-corrected chi connectivity index (χ0v) is 15.0. The normalized spacial score (nSPS) is 12.3. The molecule has 0 unspecified atom stereocenters. The largest absolute Gasteiger partial charge is 0.486 e. The number of aryl methyl sites for hydroxylation is 1. The molecule has 0 aromatic heterocycles. The van der Waals surface area contributed by atoms with Crippen molar-refractivity contribution >= 4 is 23.0 Å². The fraction of sp³-hybridized carbons (Fsp3) is 0.136. The summed E-state index contributed by atoms with van der Waals surface area (Å²) in [6, 6.07) is 20.8. The summed E-state index contributed by atoms with van der Waals surface area (Å²) in [6.45, 7) is 3.14. The van der Waals surface area contributed by atoms with Crippen LogP contribution in [0.2, 0.25) is 0 Å². The van der Waals surface area contributed by atoms with Crippen LogP contribution in [0, 0.1) is 6.92 Å². The van der Waals surface area contributed by atoms with Crippen LogP contribution in [0.25, 0.3) is 0 Å². The van der Waals surface area contributed by atoms with E-state index in [0.29, 0.717) is 18.8 Å². The van der Waals surface area contributed by atoms with E-state index in [1.54, 1.807) is 0 Å². The van der Waals surface area contributed by atoms with E-state index >= 15 is 0 Å². The highest BCUT2D eigenvalue weighted by molar-refractivity contribution is 6.04. The Hall–Kier alpha value is -3.47. The molecule has 136 valence electrons. The Bertz CT molecular complexity index is 950. The molecule has 3 aromatic carbocycles. The van der Waals surface area contributed by atoms with Crippen LogP contribution in [0.4, 0.5) is 17.1 Å². The number of carbonyl (C=O) groups excluding carboxylic acids is 1. The number of carbonyl (C=O) groups is 1. The minimum Gasteiger partial charge on any atom is -0.486 e. The first-order chi connectivity index (χ1) is 13.2. The fourth-order valence-corrected chi connectivity index (χ4v) is 2.83. The maximum Gasteiger partial charge on any atom is 0.255 e. The van der Waals surface area contributed by atoms with Crippen LogP contribution in [0.15, 0.2) is 66.7 Å². The van der Waals surface area contributed by atoms with Gasteiger partial charge in [-0.2, -0.15) is 0 Å². The van der Waals surface area contributed by atoms with Gasteiger partial charge in [-0.1, -0.05) is 17.7 Å². The van der Waals surface area contributed by atoms with E-state index in [0.717, 1.165) is 34.1 Å². The SMILES string of the molecule is Cc1ccc(C(=O)Nc2ccc(Nc3ccc4c(c3)OCCO4)cc2)cc1. The molecule has 0 spiro atoms.